The SMILES string of the molecule is COC[C@@H](C)NC(=S)Nc1ccc([N+](=O)[O-])cc1. The summed E-state index contributed by atoms with van der Waals surface area (Å²) in [6, 6.07) is 6.14. The summed E-state index contributed by atoms with van der Waals surface area (Å²) in [6.45, 7) is 2.48. The lowest BCUT2D eigenvalue weighted by atomic mass is 10.3. The fourth-order valence-electron chi connectivity index (χ4n) is 1.35. The molecular weight excluding hydrogens is 254 g/mol. The molecular formula is C11H15N3O3S. The Bertz CT molecular complexity index is 422. The maximum Gasteiger partial charge on any atom is 0.269 e. The molecule has 6 nitrogen and oxygen atoms in total. The first kappa shape index (κ1) is 14.3. The third-order valence-electron chi connectivity index (χ3n) is 2.13. The normalized spacial score (nSPS) is 11.7. The van der Waals surface area contributed by atoms with Gasteiger partial charge in [0.15, 0.2) is 5.11 Å². The highest BCUT2D eigenvalue weighted by molar-refractivity contribution is 7.80. The second-order valence-corrected chi connectivity index (χ2v) is 4.17. The monoisotopic (exact) mass is 269 g/mol. The van der Waals surface area contributed by atoms with Crippen LogP contribution in [0.15, 0.2) is 24.3 Å². The van der Waals surface area contributed by atoms with Crippen LogP contribution < -0.4 is 10.6 Å². The van der Waals surface area contributed by atoms with Crippen LogP contribution in [0.25, 0.3) is 0 Å². The molecule has 0 saturated carbocycles. The van der Waals surface area contributed by atoms with E-state index in [1.807, 2.05) is 6.92 Å². The lowest BCUT2D eigenvalue weighted by molar-refractivity contribution is -0.384. The fraction of sp³-hybridized carbons (Fsp3) is 0.364. The van der Waals surface area contributed by atoms with E-state index in [1.165, 1.54) is 12.1 Å². The molecule has 98 valence electrons. The maximum absolute atomic E-state index is 10.5. The first-order valence-corrected chi connectivity index (χ1v) is 5.74. The van der Waals surface area contributed by atoms with E-state index in [2.05, 4.69) is 10.6 Å². The van der Waals surface area contributed by atoms with Gasteiger partial charge in [0.05, 0.1) is 11.5 Å². The lowest BCUT2D eigenvalue weighted by Crippen LogP contribution is -2.38. The molecule has 0 aromatic heterocycles. The quantitative estimate of drug-likeness (QED) is 0.483. The van der Waals surface area contributed by atoms with E-state index in [4.69, 9.17) is 17.0 Å². The molecule has 0 unspecified atom stereocenters. The molecule has 0 radical (unpaired) electrons. The smallest absolute Gasteiger partial charge is 0.269 e. The molecule has 0 amide bonds. The third kappa shape index (κ3) is 4.64. The second kappa shape index (κ2) is 6.87. The van der Waals surface area contributed by atoms with Crippen LogP contribution in [0, 0.1) is 10.1 Å². The number of nitrogens with zero attached hydrogens (tertiary/aromatic N) is 1. The number of anilines is 1. The Hall–Kier alpha value is -1.73. The largest absolute Gasteiger partial charge is 0.383 e. The Morgan fingerprint density at radius 3 is 2.61 bits per heavy atom. The Labute approximate surface area is 110 Å². The molecule has 0 heterocycles. The highest BCUT2D eigenvalue weighted by Crippen LogP contribution is 2.15. The van der Waals surface area contributed by atoms with Crippen LogP contribution >= 0.6 is 12.2 Å². The number of nitro groups is 1. The van der Waals surface area contributed by atoms with Crippen molar-refractivity contribution in [1.82, 2.24) is 5.32 Å². The number of nitrogens with one attached hydrogen (secondary N) is 2. The molecule has 1 rings (SSSR count). The molecule has 1 aromatic rings. The Kier molecular flexibility index (Phi) is 5.47. The third-order valence-corrected chi connectivity index (χ3v) is 2.35. The van der Waals surface area contributed by atoms with Gasteiger partial charge in [-0.2, -0.15) is 0 Å². The second-order valence-electron chi connectivity index (χ2n) is 3.76. The number of thiocarbonyl (C=S) groups is 1. The number of rotatable bonds is 5. The van der Waals surface area contributed by atoms with Gasteiger partial charge in [0, 0.05) is 31.0 Å². The number of non-ortho nitro benzene ring substituents is 1. The van der Waals surface area contributed by atoms with Gasteiger partial charge in [-0.1, -0.05) is 0 Å². The van der Waals surface area contributed by atoms with Crippen LogP contribution in [-0.4, -0.2) is 29.8 Å². The summed E-state index contributed by atoms with van der Waals surface area (Å²) in [5.41, 5.74) is 0.745. The van der Waals surface area contributed by atoms with E-state index in [0.29, 0.717) is 17.4 Å². The van der Waals surface area contributed by atoms with Crippen molar-refractivity contribution in [3.8, 4) is 0 Å². The first-order valence-electron chi connectivity index (χ1n) is 5.34. The van der Waals surface area contributed by atoms with E-state index in [-0.39, 0.29) is 11.7 Å². The molecule has 18 heavy (non-hydrogen) atoms. The Morgan fingerprint density at radius 2 is 2.11 bits per heavy atom. The Morgan fingerprint density at radius 1 is 1.50 bits per heavy atom. The highest BCUT2D eigenvalue weighted by atomic mass is 32.1. The van der Waals surface area contributed by atoms with Crippen molar-refractivity contribution in [2.45, 2.75) is 13.0 Å². The van der Waals surface area contributed by atoms with E-state index in [1.54, 1.807) is 19.2 Å². The van der Waals surface area contributed by atoms with E-state index >= 15 is 0 Å². The maximum atomic E-state index is 10.5. The molecule has 0 aliphatic carbocycles. The van der Waals surface area contributed by atoms with E-state index in [9.17, 15) is 10.1 Å². The highest BCUT2D eigenvalue weighted by Gasteiger charge is 2.06. The van der Waals surface area contributed by atoms with Crippen LogP contribution in [-0.2, 0) is 4.74 Å². The van der Waals surface area contributed by atoms with Gasteiger partial charge in [0.2, 0.25) is 0 Å². The molecule has 1 atom stereocenters. The van der Waals surface area contributed by atoms with Crippen molar-refractivity contribution in [2.24, 2.45) is 0 Å². The van der Waals surface area contributed by atoms with Crippen molar-refractivity contribution < 1.29 is 9.66 Å². The molecule has 0 spiro atoms. The standard InChI is InChI=1S/C11H15N3O3S/c1-8(7-17-2)12-11(18)13-9-3-5-10(6-4-9)14(15)16/h3-6,8H,7H2,1-2H3,(H2,12,13,18)/t8-/m1/s1. The molecule has 7 heteroatoms. The van der Waals surface area contributed by atoms with Gasteiger partial charge in [0.25, 0.3) is 5.69 Å². The summed E-state index contributed by atoms with van der Waals surface area (Å²) in [5, 5.41) is 16.9. The van der Waals surface area contributed by atoms with Gasteiger partial charge >= 0.3 is 0 Å². The number of methoxy groups -OCH3 is 1. The summed E-state index contributed by atoms with van der Waals surface area (Å²) in [4.78, 5) is 10.0. The predicted octanol–water partition coefficient (Wildman–Crippen LogP) is 1.92. The van der Waals surface area contributed by atoms with Crippen LogP contribution in [0.1, 0.15) is 6.92 Å². The summed E-state index contributed by atoms with van der Waals surface area (Å²) in [5.74, 6) is 0. The number of nitro benzene ring substituents is 1. The van der Waals surface area contributed by atoms with Crippen LogP contribution in [0.4, 0.5) is 11.4 Å². The minimum atomic E-state index is -0.443. The predicted molar refractivity (Wildman–Crippen MR) is 73.8 cm³/mol. The van der Waals surface area contributed by atoms with Crippen molar-refractivity contribution >= 4 is 28.7 Å². The van der Waals surface area contributed by atoms with Crippen molar-refractivity contribution in [3.63, 3.8) is 0 Å². The average Bonchev–Trinajstić information content (AvgIpc) is 2.29. The zero-order valence-electron chi connectivity index (χ0n) is 10.2. The molecule has 0 fully saturated rings. The summed E-state index contributed by atoms with van der Waals surface area (Å²) >= 11 is 5.10. The fourth-order valence-corrected chi connectivity index (χ4v) is 1.67. The molecule has 0 bridgehead atoms. The van der Waals surface area contributed by atoms with Crippen molar-refractivity contribution in [2.75, 3.05) is 19.0 Å². The minimum Gasteiger partial charge on any atom is -0.383 e. The average molecular weight is 269 g/mol. The van der Waals surface area contributed by atoms with Crippen molar-refractivity contribution in [1.29, 1.82) is 0 Å². The summed E-state index contributed by atoms with van der Waals surface area (Å²) < 4.78 is 4.97. The minimum absolute atomic E-state index is 0.0483. The number of hydrogen-bond donors (Lipinski definition) is 2. The molecule has 0 aliphatic rings. The summed E-state index contributed by atoms with van der Waals surface area (Å²) in [6.07, 6.45) is 0. The van der Waals surface area contributed by atoms with Crippen molar-refractivity contribution in [3.05, 3.63) is 34.4 Å². The molecule has 2 N–H and O–H groups in total. The zero-order chi connectivity index (χ0) is 13.5. The molecule has 0 saturated heterocycles. The number of ether oxygens (including phenoxy) is 1. The van der Waals surface area contributed by atoms with Crippen LogP contribution in [0.2, 0.25) is 0 Å². The first-order chi connectivity index (χ1) is 8.52. The zero-order valence-corrected chi connectivity index (χ0v) is 11.0. The topological polar surface area (TPSA) is 76.4 Å². The van der Waals surface area contributed by atoms with Gasteiger partial charge in [-0.3, -0.25) is 10.1 Å². The van der Waals surface area contributed by atoms with Crippen LogP contribution in [0.3, 0.4) is 0 Å². The van der Waals surface area contributed by atoms with E-state index < -0.39 is 4.92 Å². The van der Waals surface area contributed by atoms with Gasteiger partial charge in [-0.05, 0) is 31.3 Å². The number of benzene rings is 1. The van der Waals surface area contributed by atoms with E-state index in [0.717, 1.165) is 0 Å². The lowest BCUT2D eigenvalue weighted by Gasteiger charge is -2.15. The molecule has 0 aliphatic heterocycles. The summed E-state index contributed by atoms with van der Waals surface area (Å²) in [7, 11) is 1.62. The van der Waals surface area contributed by atoms with Gasteiger partial charge in [-0.15, -0.1) is 0 Å². The Balaban J connectivity index is 2.51. The number of hydrogen-bond acceptors (Lipinski definition) is 4. The van der Waals surface area contributed by atoms with Gasteiger partial charge in [-0.25, -0.2) is 0 Å². The van der Waals surface area contributed by atoms with Crippen LogP contribution in [0.5, 0.6) is 0 Å². The molecule has 1 aromatic carbocycles. The van der Waals surface area contributed by atoms with Gasteiger partial charge < -0.3 is 15.4 Å². The van der Waals surface area contributed by atoms with Gasteiger partial charge in [0.1, 0.15) is 0 Å².